The van der Waals surface area contributed by atoms with Gasteiger partial charge in [0.1, 0.15) is 5.75 Å². The van der Waals surface area contributed by atoms with E-state index in [1.54, 1.807) is 12.1 Å². The lowest BCUT2D eigenvalue weighted by molar-refractivity contribution is 0.0967. The zero-order chi connectivity index (χ0) is 16.3. The smallest absolute Gasteiger partial charge is 0.254 e. The molecular weight excluding hydrogens is 302 g/mol. The van der Waals surface area contributed by atoms with Crippen molar-refractivity contribution in [2.75, 3.05) is 0 Å². The van der Waals surface area contributed by atoms with Crippen LogP contribution in [0.3, 0.4) is 0 Å². The standard InChI is InChI=1S/C19H13N3O2/c23-12-4-1-10(2-5-12)15-7-14-11(8-20-15)3-6-13-17-16(22-18(13)14)9-21-19(17)24/h1-8,22-23H,9H2,(H,21,24). The van der Waals surface area contributed by atoms with Crippen LogP contribution >= 0.6 is 0 Å². The van der Waals surface area contributed by atoms with E-state index in [1.165, 1.54) is 0 Å². The molecule has 2 aromatic carbocycles. The molecular formula is C19H13N3O2. The van der Waals surface area contributed by atoms with E-state index in [1.807, 2.05) is 36.5 Å². The Morgan fingerprint density at radius 3 is 2.71 bits per heavy atom. The number of nitrogens with one attached hydrogen (secondary N) is 2. The molecule has 116 valence electrons. The van der Waals surface area contributed by atoms with E-state index in [9.17, 15) is 9.90 Å². The third-order valence-electron chi connectivity index (χ3n) is 4.57. The number of benzene rings is 2. The predicted octanol–water partition coefficient (Wildman–Crippen LogP) is 3.33. The quantitative estimate of drug-likeness (QED) is 0.504. The number of hydrogen-bond acceptors (Lipinski definition) is 3. The maximum atomic E-state index is 12.0. The van der Waals surface area contributed by atoms with Crippen LogP contribution < -0.4 is 5.32 Å². The van der Waals surface area contributed by atoms with Crippen molar-refractivity contribution >= 4 is 27.6 Å². The zero-order valence-corrected chi connectivity index (χ0v) is 12.6. The molecule has 3 N–H and O–H groups in total. The number of aromatic nitrogens is 2. The number of carbonyl (C=O) groups is 1. The van der Waals surface area contributed by atoms with Gasteiger partial charge in [0.25, 0.3) is 5.91 Å². The Balaban J connectivity index is 1.79. The molecule has 5 heteroatoms. The fraction of sp³-hybridized carbons (Fsp3) is 0.0526. The molecule has 0 spiro atoms. The van der Waals surface area contributed by atoms with Crippen LogP contribution in [0.25, 0.3) is 32.9 Å². The van der Waals surface area contributed by atoms with E-state index < -0.39 is 0 Å². The molecule has 0 atom stereocenters. The summed E-state index contributed by atoms with van der Waals surface area (Å²) in [5.41, 5.74) is 4.41. The van der Waals surface area contributed by atoms with Crippen LogP contribution in [0.4, 0.5) is 0 Å². The molecule has 2 aromatic heterocycles. The first-order valence-corrected chi connectivity index (χ1v) is 7.71. The van der Waals surface area contributed by atoms with E-state index in [0.29, 0.717) is 6.54 Å². The van der Waals surface area contributed by atoms with Crippen LogP contribution in [0.2, 0.25) is 0 Å². The van der Waals surface area contributed by atoms with Gasteiger partial charge in [-0.1, -0.05) is 12.1 Å². The van der Waals surface area contributed by atoms with Crippen LogP contribution in [-0.2, 0) is 6.54 Å². The molecule has 0 bridgehead atoms. The summed E-state index contributed by atoms with van der Waals surface area (Å²) in [7, 11) is 0. The Bertz CT molecular complexity index is 1130. The summed E-state index contributed by atoms with van der Waals surface area (Å²) in [6, 6.07) is 13.0. The maximum Gasteiger partial charge on any atom is 0.254 e. The van der Waals surface area contributed by atoms with Crippen LogP contribution in [-0.4, -0.2) is 21.0 Å². The van der Waals surface area contributed by atoms with Crippen molar-refractivity contribution in [2.45, 2.75) is 6.54 Å². The number of aromatic amines is 1. The largest absolute Gasteiger partial charge is 0.508 e. The summed E-state index contributed by atoms with van der Waals surface area (Å²) in [6.07, 6.45) is 1.84. The lowest BCUT2D eigenvalue weighted by atomic mass is 10.0. The fourth-order valence-corrected chi connectivity index (χ4v) is 3.37. The molecule has 0 aliphatic carbocycles. The van der Waals surface area contributed by atoms with Gasteiger partial charge in [0.15, 0.2) is 0 Å². The van der Waals surface area contributed by atoms with Crippen LogP contribution in [0.15, 0.2) is 48.7 Å². The van der Waals surface area contributed by atoms with Gasteiger partial charge in [-0.15, -0.1) is 0 Å². The highest BCUT2D eigenvalue weighted by atomic mass is 16.3. The molecule has 0 fully saturated rings. The summed E-state index contributed by atoms with van der Waals surface area (Å²) in [4.78, 5) is 19.9. The van der Waals surface area contributed by atoms with E-state index in [0.717, 1.165) is 44.2 Å². The Morgan fingerprint density at radius 2 is 1.88 bits per heavy atom. The van der Waals surface area contributed by atoms with Gasteiger partial charge >= 0.3 is 0 Å². The maximum absolute atomic E-state index is 12.0. The number of hydrogen-bond donors (Lipinski definition) is 3. The Labute approximate surface area is 137 Å². The molecule has 3 heterocycles. The van der Waals surface area contributed by atoms with E-state index in [4.69, 9.17) is 0 Å². The summed E-state index contributed by atoms with van der Waals surface area (Å²) < 4.78 is 0. The fourth-order valence-electron chi connectivity index (χ4n) is 3.37. The second-order valence-corrected chi connectivity index (χ2v) is 5.99. The number of amides is 1. The van der Waals surface area contributed by atoms with Crippen molar-refractivity contribution in [1.82, 2.24) is 15.3 Å². The molecule has 0 radical (unpaired) electrons. The number of carbonyl (C=O) groups excluding carboxylic acids is 1. The van der Waals surface area contributed by atoms with Gasteiger partial charge in [-0.25, -0.2) is 0 Å². The Morgan fingerprint density at radius 1 is 1.04 bits per heavy atom. The van der Waals surface area contributed by atoms with Crippen molar-refractivity contribution in [1.29, 1.82) is 0 Å². The zero-order valence-electron chi connectivity index (χ0n) is 12.6. The second-order valence-electron chi connectivity index (χ2n) is 5.99. The molecule has 5 nitrogen and oxygen atoms in total. The number of rotatable bonds is 1. The second kappa shape index (κ2) is 4.58. The van der Waals surface area contributed by atoms with Gasteiger partial charge < -0.3 is 15.4 Å². The molecule has 0 saturated carbocycles. The Hall–Kier alpha value is -3.34. The number of nitrogens with zero attached hydrogens (tertiary/aromatic N) is 1. The SMILES string of the molecule is O=C1NCc2[nH]c3c(ccc4cnc(-c5ccc(O)cc5)cc43)c21. The lowest BCUT2D eigenvalue weighted by Gasteiger charge is -2.05. The van der Waals surface area contributed by atoms with Gasteiger partial charge in [0.05, 0.1) is 23.3 Å². The molecule has 1 aliphatic rings. The highest BCUT2D eigenvalue weighted by molar-refractivity contribution is 6.16. The van der Waals surface area contributed by atoms with E-state index in [2.05, 4.69) is 15.3 Å². The molecule has 5 rings (SSSR count). The van der Waals surface area contributed by atoms with E-state index in [-0.39, 0.29) is 11.7 Å². The van der Waals surface area contributed by atoms with Gasteiger partial charge in [0, 0.05) is 33.6 Å². The van der Waals surface area contributed by atoms with Crippen molar-refractivity contribution in [3.05, 3.63) is 59.9 Å². The minimum absolute atomic E-state index is 0.0246. The molecule has 24 heavy (non-hydrogen) atoms. The Kier molecular flexibility index (Phi) is 2.51. The average molecular weight is 315 g/mol. The summed E-state index contributed by atoms with van der Waals surface area (Å²) >= 11 is 0. The topological polar surface area (TPSA) is 78.0 Å². The summed E-state index contributed by atoms with van der Waals surface area (Å²) in [5, 5.41) is 15.3. The van der Waals surface area contributed by atoms with Crippen molar-refractivity contribution < 1.29 is 9.90 Å². The summed E-state index contributed by atoms with van der Waals surface area (Å²) in [6.45, 7) is 0.542. The van der Waals surface area contributed by atoms with Crippen molar-refractivity contribution in [3.63, 3.8) is 0 Å². The molecule has 4 aromatic rings. The highest BCUT2D eigenvalue weighted by Gasteiger charge is 2.24. The van der Waals surface area contributed by atoms with Gasteiger partial charge in [0.2, 0.25) is 0 Å². The predicted molar refractivity (Wildman–Crippen MR) is 91.9 cm³/mol. The number of phenols is 1. The monoisotopic (exact) mass is 315 g/mol. The average Bonchev–Trinajstić information content (AvgIpc) is 3.15. The van der Waals surface area contributed by atoms with Crippen molar-refractivity contribution in [3.8, 4) is 17.0 Å². The van der Waals surface area contributed by atoms with Crippen LogP contribution in [0.5, 0.6) is 5.75 Å². The number of fused-ring (bicyclic) bond motifs is 5. The lowest BCUT2D eigenvalue weighted by Crippen LogP contribution is -2.13. The minimum Gasteiger partial charge on any atom is -0.508 e. The first kappa shape index (κ1) is 13.1. The first-order chi connectivity index (χ1) is 11.7. The number of pyridine rings is 1. The third kappa shape index (κ3) is 1.75. The molecule has 0 saturated heterocycles. The number of H-pyrrole nitrogens is 1. The molecule has 0 unspecified atom stereocenters. The first-order valence-electron chi connectivity index (χ1n) is 7.71. The van der Waals surface area contributed by atoms with Gasteiger partial charge in [-0.3, -0.25) is 9.78 Å². The number of aromatic hydroxyl groups is 1. The van der Waals surface area contributed by atoms with Crippen molar-refractivity contribution in [2.24, 2.45) is 0 Å². The van der Waals surface area contributed by atoms with E-state index >= 15 is 0 Å². The highest BCUT2D eigenvalue weighted by Crippen LogP contribution is 2.33. The van der Waals surface area contributed by atoms with Crippen LogP contribution in [0.1, 0.15) is 16.1 Å². The normalized spacial score (nSPS) is 13.4. The van der Waals surface area contributed by atoms with Gasteiger partial charge in [-0.2, -0.15) is 0 Å². The minimum atomic E-state index is -0.0246. The summed E-state index contributed by atoms with van der Waals surface area (Å²) in [5.74, 6) is 0.206. The number of phenolic OH excluding ortho intramolecular Hbond substituents is 1. The third-order valence-corrected chi connectivity index (χ3v) is 4.57. The van der Waals surface area contributed by atoms with Gasteiger partial charge in [-0.05, 0) is 30.3 Å². The molecule has 1 aliphatic heterocycles. The molecule has 1 amide bonds. The van der Waals surface area contributed by atoms with Crippen LogP contribution in [0, 0.1) is 0 Å².